The molecule has 7 heteroatoms. The van der Waals surface area contributed by atoms with Crippen molar-refractivity contribution in [2.45, 2.75) is 13.1 Å². The molecule has 0 radical (unpaired) electrons. The summed E-state index contributed by atoms with van der Waals surface area (Å²) in [4.78, 5) is 13.1. The molecule has 3 heterocycles. The van der Waals surface area contributed by atoms with E-state index in [1.807, 2.05) is 49.8 Å². The van der Waals surface area contributed by atoms with Crippen molar-refractivity contribution in [2.75, 3.05) is 14.2 Å². The van der Waals surface area contributed by atoms with Crippen molar-refractivity contribution in [1.29, 1.82) is 0 Å². The molecule has 3 aromatic heterocycles. The monoisotopic (exact) mass is 524 g/mol. The highest BCUT2D eigenvalue weighted by Gasteiger charge is 2.18. The van der Waals surface area contributed by atoms with Crippen molar-refractivity contribution in [2.24, 2.45) is 0 Å². The summed E-state index contributed by atoms with van der Waals surface area (Å²) < 4.78 is 7.40. The van der Waals surface area contributed by atoms with E-state index in [0.29, 0.717) is 6.54 Å². The molecule has 0 atom stereocenters. The maximum absolute atomic E-state index is 5.35. The molecule has 0 fully saturated rings. The lowest BCUT2D eigenvalue weighted by Gasteiger charge is -2.08. The average molecular weight is 525 g/mol. The molecule has 7 rings (SSSR count). The van der Waals surface area contributed by atoms with Crippen LogP contribution in [0, 0.1) is 0 Å². The molecule has 40 heavy (non-hydrogen) atoms. The Labute approximate surface area is 231 Å². The van der Waals surface area contributed by atoms with E-state index in [9.17, 15) is 0 Å². The second kappa shape index (κ2) is 9.94. The number of nitrogens with one attached hydrogen (secondary N) is 2. The van der Waals surface area contributed by atoms with Crippen molar-refractivity contribution >= 4 is 32.7 Å². The van der Waals surface area contributed by atoms with Gasteiger partial charge in [-0.3, -0.25) is 9.67 Å². The Kier molecular flexibility index (Phi) is 5.98. The Morgan fingerprint density at radius 3 is 2.62 bits per heavy atom. The number of benzene rings is 4. The number of aromatic amines is 1. The highest BCUT2D eigenvalue weighted by atomic mass is 16.5. The fourth-order valence-electron chi connectivity index (χ4n) is 5.43. The lowest BCUT2D eigenvalue weighted by atomic mass is 9.99. The number of hydrogen-bond donors (Lipinski definition) is 2. The highest BCUT2D eigenvalue weighted by molar-refractivity contribution is 6.01. The number of methoxy groups -OCH3 is 1. The molecule has 4 aromatic carbocycles. The van der Waals surface area contributed by atoms with E-state index >= 15 is 0 Å². The number of para-hydroxylation sites is 1. The topological polar surface area (TPSA) is 80.7 Å². The number of fused-ring (bicyclic) bond motifs is 3. The van der Waals surface area contributed by atoms with Gasteiger partial charge < -0.3 is 15.0 Å². The van der Waals surface area contributed by atoms with E-state index < -0.39 is 0 Å². The highest BCUT2D eigenvalue weighted by Crippen LogP contribution is 2.35. The molecule has 0 unspecified atom stereocenters. The van der Waals surface area contributed by atoms with Crippen LogP contribution in [0.4, 0.5) is 0 Å². The van der Waals surface area contributed by atoms with Crippen LogP contribution in [-0.2, 0) is 13.1 Å². The second-order valence-electron chi connectivity index (χ2n) is 9.92. The standard InChI is InChI=1S/C33H28N6O/c1-34-17-24-7-5-9-29-31(24)37-33(36-29)32-27-16-22(28-19-35-18-23-6-3-4-8-26(23)28)12-15-30(27)39(38-32)20-21-10-13-25(40-2)14-11-21/h3-16,18-19,34H,17,20H2,1-2H3,(H,36,37). The first-order valence-corrected chi connectivity index (χ1v) is 13.3. The molecule has 2 N–H and O–H groups in total. The van der Waals surface area contributed by atoms with Crippen LogP contribution in [0.2, 0.25) is 0 Å². The zero-order valence-corrected chi connectivity index (χ0v) is 22.3. The lowest BCUT2D eigenvalue weighted by molar-refractivity contribution is 0.414. The maximum Gasteiger partial charge on any atom is 0.159 e. The number of ether oxygens (including phenoxy) is 1. The van der Waals surface area contributed by atoms with E-state index in [2.05, 4.69) is 74.6 Å². The van der Waals surface area contributed by atoms with Gasteiger partial charge in [0.15, 0.2) is 5.82 Å². The van der Waals surface area contributed by atoms with Crippen LogP contribution >= 0.6 is 0 Å². The third kappa shape index (κ3) is 4.17. The minimum atomic E-state index is 0.626. The van der Waals surface area contributed by atoms with E-state index in [-0.39, 0.29) is 0 Å². The molecule has 0 saturated heterocycles. The van der Waals surface area contributed by atoms with Gasteiger partial charge >= 0.3 is 0 Å². The largest absolute Gasteiger partial charge is 0.497 e. The first-order valence-electron chi connectivity index (χ1n) is 13.3. The number of H-pyrrole nitrogens is 1. The minimum Gasteiger partial charge on any atom is -0.497 e. The summed E-state index contributed by atoms with van der Waals surface area (Å²) >= 11 is 0. The van der Waals surface area contributed by atoms with Gasteiger partial charge in [-0.05, 0) is 59.5 Å². The molecular formula is C33H28N6O. The Balaban J connectivity index is 1.42. The molecule has 0 amide bonds. The summed E-state index contributed by atoms with van der Waals surface area (Å²) in [5, 5.41) is 11.7. The minimum absolute atomic E-state index is 0.626. The summed E-state index contributed by atoms with van der Waals surface area (Å²) in [7, 11) is 3.63. The number of aromatic nitrogens is 5. The van der Waals surface area contributed by atoms with Crippen LogP contribution in [-0.4, -0.2) is 38.9 Å². The Morgan fingerprint density at radius 1 is 0.900 bits per heavy atom. The third-order valence-corrected chi connectivity index (χ3v) is 7.42. The average Bonchev–Trinajstić information content (AvgIpc) is 3.59. The van der Waals surface area contributed by atoms with Gasteiger partial charge in [0.25, 0.3) is 0 Å². The van der Waals surface area contributed by atoms with Gasteiger partial charge in [0.2, 0.25) is 0 Å². The van der Waals surface area contributed by atoms with Gasteiger partial charge in [0, 0.05) is 35.3 Å². The number of rotatable bonds is 7. The molecule has 196 valence electrons. The van der Waals surface area contributed by atoms with Crippen LogP contribution in [0.15, 0.2) is 97.3 Å². The number of nitrogens with zero attached hydrogens (tertiary/aromatic N) is 4. The summed E-state index contributed by atoms with van der Waals surface area (Å²) in [6, 6.07) is 29.2. The van der Waals surface area contributed by atoms with Crippen LogP contribution in [0.3, 0.4) is 0 Å². The van der Waals surface area contributed by atoms with Gasteiger partial charge in [-0.25, -0.2) is 4.98 Å². The van der Waals surface area contributed by atoms with Crippen molar-refractivity contribution in [3.8, 4) is 28.4 Å². The predicted molar refractivity (Wildman–Crippen MR) is 160 cm³/mol. The summed E-state index contributed by atoms with van der Waals surface area (Å²) in [5.74, 6) is 1.59. The Morgan fingerprint density at radius 2 is 1.77 bits per heavy atom. The molecule has 7 aromatic rings. The summed E-state index contributed by atoms with van der Waals surface area (Å²) in [6.07, 6.45) is 3.85. The Bertz CT molecular complexity index is 1980. The number of imidazole rings is 1. The molecule has 0 spiro atoms. The van der Waals surface area contributed by atoms with Crippen LogP contribution in [0.1, 0.15) is 11.1 Å². The molecule has 0 saturated carbocycles. The zero-order valence-electron chi connectivity index (χ0n) is 22.3. The smallest absolute Gasteiger partial charge is 0.159 e. The van der Waals surface area contributed by atoms with E-state index in [4.69, 9.17) is 14.8 Å². The molecule has 0 aliphatic carbocycles. The fraction of sp³-hybridized carbons (Fsp3) is 0.121. The zero-order chi connectivity index (χ0) is 27.1. The molecule has 0 aliphatic heterocycles. The molecule has 7 nitrogen and oxygen atoms in total. The van der Waals surface area contributed by atoms with Gasteiger partial charge in [0.05, 0.1) is 30.2 Å². The summed E-state index contributed by atoms with van der Waals surface area (Å²) in [5.41, 5.74) is 8.31. The van der Waals surface area contributed by atoms with E-state index in [0.717, 1.165) is 67.8 Å². The first-order chi connectivity index (χ1) is 19.7. The van der Waals surface area contributed by atoms with E-state index in [1.54, 1.807) is 7.11 Å². The van der Waals surface area contributed by atoms with Crippen LogP contribution in [0.25, 0.3) is 55.4 Å². The van der Waals surface area contributed by atoms with Gasteiger partial charge in [-0.1, -0.05) is 54.6 Å². The predicted octanol–water partition coefficient (Wildman–Crippen LogP) is 6.57. The molecule has 0 aliphatic rings. The van der Waals surface area contributed by atoms with Gasteiger partial charge in [-0.2, -0.15) is 5.10 Å². The van der Waals surface area contributed by atoms with Gasteiger partial charge in [0.1, 0.15) is 11.4 Å². The lowest BCUT2D eigenvalue weighted by Crippen LogP contribution is -2.05. The SMILES string of the molecule is CNCc1cccc2nc(-c3nn(Cc4ccc(OC)cc4)c4ccc(-c5cncc6ccccc56)cc34)[nH]c12. The quantitative estimate of drug-likeness (QED) is 0.246. The van der Waals surface area contributed by atoms with Crippen molar-refractivity contribution in [3.63, 3.8) is 0 Å². The van der Waals surface area contributed by atoms with Crippen molar-refractivity contribution in [1.82, 2.24) is 30.0 Å². The first kappa shape index (κ1) is 24.1. The van der Waals surface area contributed by atoms with Crippen molar-refractivity contribution < 1.29 is 4.74 Å². The molecule has 0 bridgehead atoms. The normalized spacial score (nSPS) is 11.6. The fourth-order valence-corrected chi connectivity index (χ4v) is 5.43. The Hall–Kier alpha value is -5.01. The van der Waals surface area contributed by atoms with Crippen molar-refractivity contribution in [3.05, 3.63) is 108 Å². The third-order valence-electron chi connectivity index (χ3n) is 7.42. The maximum atomic E-state index is 5.35. The summed E-state index contributed by atoms with van der Waals surface area (Å²) in [6.45, 7) is 1.38. The van der Waals surface area contributed by atoms with E-state index in [1.165, 1.54) is 10.9 Å². The van der Waals surface area contributed by atoms with Crippen LogP contribution < -0.4 is 10.1 Å². The van der Waals surface area contributed by atoms with Crippen LogP contribution in [0.5, 0.6) is 5.75 Å². The second-order valence-corrected chi connectivity index (χ2v) is 9.92. The molecular weight excluding hydrogens is 496 g/mol. The number of hydrogen-bond acceptors (Lipinski definition) is 5. The number of pyridine rings is 1. The van der Waals surface area contributed by atoms with Gasteiger partial charge in [-0.15, -0.1) is 0 Å².